The number of carbonyl (C=O) groups is 1. The van der Waals surface area contributed by atoms with Gasteiger partial charge >= 0.3 is 0 Å². The van der Waals surface area contributed by atoms with E-state index in [-0.39, 0.29) is 5.91 Å². The van der Waals surface area contributed by atoms with E-state index >= 15 is 0 Å². The van der Waals surface area contributed by atoms with Gasteiger partial charge in [-0.3, -0.25) is 9.48 Å². The Morgan fingerprint density at radius 2 is 2.03 bits per heavy atom. The smallest absolute Gasteiger partial charge is 0.274 e. The maximum absolute atomic E-state index is 13.1. The second-order valence-corrected chi connectivity index (χ2v) is 10.6. The van der Waals surface area contributed by atoms with Crippen LogP contribution >= 0.6 is 23.1 Å². The van der Waals surface area contributed by atoms with E-state index in [1.54, 1.807) is 11.3 Å². The van der Waals surface area contributed by atoms with E-state index < -0.39 is 0 Å². The molecular formula is C24H29N5OS2. The summed E-state index contributed by atoms with van der Waals surface area (Å²) in [4.78, 5) is 19.9. The Hall–Kier alpha value is -2.16. The molecule has 2 aromatic heterocycles. The van der Waals surface area contributed by atoms with E-state index in [0.717, 1.165) is 73.1 Å². The SMILES string of the molecule is Cn1nc(C(=O)N2CCSCC2)c2c1CCC(NCCc1nc(-c3ccccc3)cs1)C2. The van der Waals surface area contributed by atoms with E-state index in [2.05, 4.69) is 40.1 Å². The minimum atomic E-state index is 0.110. The molecule has 1 fully saturated rings. The van der Waals surface area contributed by atoms with Crippen LogP contribution in [0.1, 0.15) is 33.2 Å². The van der Waals surface area contributed by atoms with Crippen molar-refractivity contribution in [2.75, 3.05) is 31.1 Å². The van der Waals surface area contributed by atoms with E-state index in [4.69, 9.17) is 4.98 Å². The first-order valence-electron chi connectivity index (χ1n) is 11.3. The predicted molar refractivity (Wildman–Crippen MR) is 132 cm³/mol. The average molecular weight is 468 g/mol. The van der Waals surface area contributed by atoms with Crippen molar-refractivity contribution in [2.24, 2.45) is 7.05 Å². The lowest BCUT2D eigenvalue weighted by Crippen LogP contribution is -2.40. The van der Waals surface area contributed by atoms with Gasteiger partial charge in [0.25, 0.3) is 5.91 Å². The van der Waals surface area contributed by atoms with E-state index in [0.29, 0.717) is 11.7 Å². The van der Waals surface area contributed by atoms with Gasteiger partial charge in [0.2, 0.25) is 0 Å². The number of nitrogens with zero attached hydrogens (tertiary/aromatic N) is 4. The van der Waals surface area contributed by atoms with Gasteiger partial charge in [0, 0.05) is 72.9 Å². The van der Waals surface area contributed by atoms with Crippen molar-refractivity contribution < 1.29 is 4.79 Å². The fourth-order valence-corrected chi connectivity index (χ4v) is 6.31. The molecule has 3 aromatic rings. The summed E-state index contributed by atoms with van der Waals surface area (Å²) >= 11 is 3.65. The zero-order chi connectivity index (χ0) is 21.9. The minimum absolute atomic E-state index is 0.110. The van der Waals surface area contributed by atoms with Gasteiger partial charge in [-0.1, -0.05) is 30.3 Å². The fraction of sp³-hybridized carbons (Fsp3) is 0.458. The highest BCUT2D eigenvalue weighted by atomic mass is 32.2. The second-order valence-electron chi connectivity index (χ2n) is 8.44. The maximum atomic E-state index is 13.1. The average Bonchev–Trinajstić information content (AvgIpc) is 3.44. The van der Waals surface area contributed by atoms with Crippen molar-refractivity contribution in [2.45, 2.75) is 31.7 Å². The van der Waals surface area contributed by atoms with Crippen LogP contribution < -0.4 is 5.32 Å². The molecule has 0 radical (unpaired) electrons. The first kappa shape index (κ1) is 21.7. The topological polar surface area (TPSA) is 63.1 Å². The highest BCUT2D eigenvalue weighted by Crippen LogP contribution is 2.26. The molecule has 1 aliphatic carbocycles. The summed E-state index contributed by atoms with van der Waals surface area (Å²) in [6, 6.07) is 10.7. The number of thiazole rings is 1. The number of hydrogen-bond acceptors (Lipinski definition) is 6. The molecule has 8 heteroatoms. The highest BCUT2D eigenvalue weighted by Gasteiger charge is 2.30. The summed E-state index contributed by atoms with van der Waals surface area (Å²) in [5.41, 5.74) is 5.28. The van der Waals surface area contributed by atoms with Gasteiger partial charge in [-0.2, -0.15) is 16.9 Å². The first-order chi connectivity index (χ1) is 15.7. The Morgan fingerprint density at radius 1 is 1.22 bits per heavy atom. The molecule has 168 valence electrons. The monoisotopic (exact) mass is 467 g/mol. The van der Waals surface area contributed by atoms with Crippen LogP contribution in [0.15, 0.2) is 35.7 Å². The van der Waals surface area contributed by atoms with Crippen LogP contribution in [0.25, 0.3) is 11.3 Å². The number of carbonyl (C=O) groups excluding carboxylic acids is 1. The molecule has 1 amide bonds. The molecule has 3 heterocycles. The molecule has 6 nitrogen and oxygen atoms in total. The third-order valence-corrected chi connectivity index (χ3v) is 8.20. The lowest BCUT2D eigenvalue weighted by molar-refractivity contribution is 0.0764. The van der Waals surface area contributed by atoms with Crippen LogP contribution in [-0.2, 0) is 26.3 Å². The number of aromatic nitrogens is 3. The van der Waals surface area contributed by atoms with Crippen molar-refractivity contribution >= 4 is 29.0 Å². The zero-order valence-corrected chi connectivity index (χ0v) is 20.1. The Morgan fingerprint density at radius 3 is 2.84 bits per heavy atom. The Bertz CT molecular complexity index is 1070. The minimum Gasteiger partial charge on any atom is -0.336 e. The van der Waals surface area contributed by atoms with Crippen molar-refractivity contribution in [1.82, 2.24) is 25.0 Å². The molecule has 1 unspecified atom stereocenters. The van der Waals surface area contributed by atoms with Crippen LogP contribution in [0.5, 0.6) is 0 Å². The van der Waals surface area contributed by atoms with Gasteiger partial charge in [0.05, 0.1) is 10.7 Å². The van der Waals surface area contributed by atoms with Crippen molar-refractivity contribution in [3.05, 3.63) is 57.7 Å². The molecule has 1 saturated heterocycles. The van der Waals surface area contributed by atoms with Crippen LogP contribution in [0.3, 0.4) is 0 Å². The number of rotatable bonds is 6. The summed E-state index contributed by atoms with van der Waals surface area (Å²) in [6.07, 6.45) is 3.84. The standard InChI is InChI=1S/C24H29N5OS2/c1-28-21-8-7-18(15-19(21)23(27-28)24(30)29-11-13-31-14-12-29)25-10-9-22-26-20(16-32-22)17-5-3-2-4-6-17/h2-6,16,18,25H,7-15H2,1H3. The molecule has 1 atom stereocenters. The summed E-state index contributed by atoms with van der Waals surface area (Å²) < 4.78 is 1.93. The zero-order valence-electron chi connectivity index (χ0n) is 18.4. The van der Waals surface area contributed by atoms with Gasteiger partial charge in [0.1, 0.15) is 0 Å². The third-order valence-electron chi connectivity index (χ3n) is 6.35. The molecule has 32 heavy (non-hydrogen) atoms. The number of fused-ring (bicyclic) bond motifs is 1. The molecule has 0 saturated carbocycles. The molecule has 1 aliphatic heterocycles. The van der Waals surface area contributed by atoms with Crippen LogP contribution in [-0.4, -0.2) is 62.8 Å². The fourth-order valence-electron chi connectivity index (χ4n) is 4.60. The number of hydrogen-bond donors (Lipinski definition) is 1. The predicted octanol–water partition coefficient (Wildman–Crippen LogP) is 3.42. The van der Waals surface area contributed by atoms with Crippen molar-refractivity contribution in [3.8, 4) is 11.3 Å². The molecule has 1 N–H and O–H groups in total. The maximum Gasteiger partial charge on any atom is 0.274 e. The second kappa shape index (κ2) is 9.77. The Kier molecular flexibility index (Phi) is 6.62. The number of nitrogens with one attached hydrogen (secondary N) is 1. The first-order valence-corrected chi connectivity index (χ1v) is 13.4. The van der Waals surface area contributed by atoms with Crippen LogP contribution in [0, 0.1) is 0 Å². The summed E-state index contributed by atoms with van der Waals surface area (Å²) in [5.74, 6) is 2.15. The number of amides is 1. The molecule has 0 spiro atoms. The lowest BCUT2D eigenvalue weighted by Gasteiger charge is -2.27. The molecular weight excluding hydrogens is 438 g/mol. The Labute approximate surface area is 197 Å². The molecule has 0 bridgehead atoms. The van der Waals surface area contributed by atoms with Gasteiger partial charge in [0.15, 0.2) is 5.69 Å². The molecule has 1 aromatic carbocycles. The number of thioether (sulfide) groups is 1. The number of benzene rings is 1. The summed E-state index contributed by atoms with van der Waals surface area (Å²) in [7, 11) is 1.97. The van der Waals surface area contributed by atoms with Gasteiger partial charge in [-0.15, -0.1) is 11.3 Å². The van der Waals surface area contributed by atoms with Crippen molar-refractivity contribution in [3.63, 3.8) is 0 Å². The highest BCUT2D eigenvalue weighted by molar-refractivity contribution is 7.99. The van der Waals surface area contributed by atoms with Crippen molar-refractivity contribution in [1.29, 1.82) is 0 Å². The van der Waals surface area contributed by atoms with Gasteiger partial charge < -0.3 is 10.2 Å². The lowest BCUT2D eigenvalue weighted by atomic mass is 9.91. The molecule has 5 rings (SSSR count). The number of aryl methyl sites for hydroxylation is 1. The van der Waals surface area contributed by atoms with Gasteiger partial charge in [-0.05, 0) is 19.3 Å². The Balaban J connectivity index is 1.19. The quantitative estimate of drug-likeness (QED) is 0.602. The van der Waals surface area contributed by atoms with E-state index in [1.807, 2.05) is 34.5 Å². The normalized spacial score (nSPS) is 18.5. The van der Waals surface area contributed by atoms with Gasteiger partial charge in [-0.25, -0.2) is 4.98 Å². The summed E-state index contributed by atoms with van der Waals surface area (Å²) in [6.45, 7) is 2.55. The summed E-state index contributed by atoms with van der Waals surface area (Å²) in [5, 5.41) is 11.7. The molecule has 2 aliphatic rings. The van der Waals surface area contributed by atoms with Crippen LogP contribution in [0.2, 0.25) is 0 Å². The van der Waals surface area contributed by atoms with E-state index in [9.17, 15) is 4.79 Å². The third kappa shape index (κ3) is 4.63. The largest absolute Gasteiger partial charge is 0.336 e. The van der Waals surface area contributed by atoms with Crippen LogP contribution in [0.4, 0.5) is 0 Å². The van der Waals surface area contributed by atoms with E-state index in [1.165, 1.54) is 11.3 Å².